The molecule has 0 radical (unpaired) electrons. The highest BCUT2D eigenvalue weighted by Crippen LogP contribution is 2.34. The second-order valence-corrected chi connectivity index (χ2v) is 6.41. The van der Waals surface area contributed by atoms with Crippen molar-refractivity contribution in [2.24, 2.45) is 0 Å². The number of rotatable bonds is 3. The molecule has 1 aliphatic rings. The van der Waals surface area contributed by atoms with Crippen LogP contribution in [0.2, 0.25) is 0 Å². The van der Waals surface area contributed by atoms with E-state index in [9.17, 15) is 23.3 Å². The Hall–Kier alpha value is -2.16. The van der Waals surface area contributed by atoms with Gasteiger partial charge in [-0.15, -0.1) is 0 Å². The number of piperazine rings is 1. The van der Waals surface area contributed by atoms with Crippen LogP contribution in [0.1, 0.15) is 0 Å². The van der Waals surface area contributed by atoms with Crippen LogP contribution in [0, 0.1) is 10.1 Å². The smallest absolute Gasteiger partial charge is 0.311 e. The summed E-state index contributed by atoms with van der Waals surface area (Å²) in [6.45, 7) is 0.715. The SMILES string of the molecule is CS(=O)(=O)c1cccc(N2CCNC(=O)C2)c1[N+](=O)[O-]. The number of sulfone groups is 1. The summed E-state index contributed by atoms with van der Waals surface area (Å²) >= 11 is 0. The van der Waals surface area contributed by atoms with Crippen LogP contribution in [-0.4, -0.2) is 45.1 Å². The van der Waals surface area contributed by atoms with E-state index in [-0.39, 0.29) is 23.0 Å². The molecule has 0 unspecified atom stereocenters. The Labute approximate surface area is 115 Å². The third kappa shape index (κ3) is 2.72. The fourth-order valence-corrected chi connectivity index (χ4v) is 2.95. The lowest BCUT2D eigenvalue weighted by Gasteiger charge is -2.28. The van der Waals surface area contributed by atoms with Crippen LogP contribution < -0.4 is 10.2 Å². The molecule has 0 bridgehead atoms. The molecule has 108 valence electrons. The predicted molar refractivity (Wildman–Crippen MR) is 71.4 cm³/mol. The third-order valence-corrected chi connectivity index (χ3v) is 4.07. The lowest BCUT2D eigenvalue weighted by molar-refractivity contribution is -0.387. The molecule has 9 heteroatoms. The molecule has 0 aromatic heterocycles. The van der Waals surface area contributed by atoms with Crippen LogP contribution in [0.25, 0.3) is 0 Å². The van der Waals surface area contributed by atoms with E-state index in [4.69, 9.17) is 0 Å². The van der Waals surface area contributed by atoms with Crippen molar-refractivity contribution >= 4 is 27.1 Å². The maximum absolute atomic E-state index is 11.7. The minimum atomic E-state index is -3.72. The second kappa shape index (κ2) is 5.08. The molecule has 1 saturated heterocycles. The van der Waals surface area contributed by atoms with Gasteiger partial charge in [-0.2, -0.15) is 0 Å². The predicted octanol–water partition coefficient (Wildman–Crippen LogP) is -0.0655. The molecule has 0 aliphatic carbocycles. The van der Waals surface area contributed by atoms with Gasteiger partial charge in [0, 0.05) is 19.3 Å². The van der Waals surface area contributed by atoms with Gasteiger partial charge >= 0.3 is 5.69 Å². The first-order valence-corrected chi connectivity index (χ1v) is 7.69. The van der Waals surface area contributed by atoms with Crippen molar-refractivity contribution in [3.8, 4) is 0 Å². The number of anilines is 1. The second-order valence-electron chi connectivity index (χ2n) is 4.42. The Morgan fingerprint density at radius 3 is 2.65 bits per heavy atom. The van der Waals surface area contributed by atoms with Crippen molar-refractivity contribution in [3.05, 3.63) is 28.3 Å². The number of nitrogens with zero attached hydrogens (tertiary/aromatic N) is 2. The number of hydrogen-bond acceptors (Lipinski definition) is 6. The molecule has 20 heavy (non-hydrogen) atoms. The lowest BCUT2D eigenvalue weighted by Crippen LogP contribution is -2.47. The van der Waals surface area contributed by atoms with Crippen molar-refractivity contribution in [3.63, 3.8) is 0 Å². The minimum absolute atomic E-state index is 0.0337. The number of carbonyl (C=O) groups excluding carboxylic acids is 1. The number of amides is 1. The molecule has 1 aromatic rings. The molecular formula is C11H13N3O5S. The molecule has 1 fully saturated rings. The summed E-state index contributed by atoms with van der Waals surface area (Å²) in [7, 11) is -3.72. The Kier molecular flexibility index (Phi) is 3.62. The van der Waals surface area contributed by atoms with E-state index in [2.05, 4.69) is 5.32 Å². The fourth-order valence-electron chi connectivity index (χ4n) is 2.09. The van der Waals surface area contributed by atoms with Gasteiger partial charge in [0.05, 0.1) is 11.5 Å². The van der Waals surface area contributed by atoms with E-state index < -0.39 is 20.4 Å². The number of nitrogens with one attached hydrogen (secondary N) is 1. The van der Waals surface area contributed by atoms with Gasteiger partial charge in [-0.1, -0.05) is 6.07 Å². The van der Waals surface area contributed by atoms with Crippen LogP contribution in [0.4, 0.5) is 11.4 Å². The van der Waals surface area contributed by atoms with Crippen LogP contribution in [-0.2, 0) is 14.6 Å². The third-order valence-electron chi connectivity index (χ3n) is 2.94. The van der Waals surface area contributed by atoms with Gasteiger partial charge in [0.25, 0.3) is 0 Å². The van der Waals surface area contributed by atoms with E-state index in [0.717, 1.165) is 6.26 Å². The summed E-state index contributed by atoms with van der Waals surface area (Å²) in [6.07, 6.45) is 0.919. The monoisotopic (exact) mass is 299 g/mol. The molecule has 0 saturated carbocycles. The zero-order valence-corrected chi connectivity index (χ0v) is 11.5. The van der Waals surface area contributed by atoms with Crippen molar-refractivity contribution < 1.29 is 18.1 Å². The average Bonchev–Trinajstić information content (AvgIpc) is 2.36. The fraction of sp³-hybridized carbons (Fsp3) is 0.364. The molecule has 0 spiro atoms. The minimum Gasteiger partial charge on any atom is -0.355 e. The summed E-state index contributed by atoms with van der Waals surface area (Å²) < 4.78 is 23.3. The van der Waals surface area contributed by atoms with E-state index in [1.165, 1.54) is 23.1 Å². The zero-order valence-electron chi connectivity index (χ0n) is 10.7. The zero-order chi connectivity index (χ0) is 14.9. The molecule has 2 rings (SSSR count). The number of benzene rings is 1. The Morgan fingerprint density at radius 2 is 2.10 bits per heavy atom. The van der Waals surface area contributed by atoms with Crippen molar-refractivity contribution in [2.45, 2.75) is 4.90 Å². The summed E-state index contributed by atoms with van der Waals surface area (Å²) in [5.41, 5.74) is -0.336. The first-order chi connectivity index (χ1) is 9.30. The number of hydrogen-bond donors (Lipinski definition) is 1. The van der Waals surface area contributed by atoms with Gasteiger partial charge in [-0.05, 0) is 12.1 Å². The van der Waals surface area contributed by atoms with Crippen LogP contribution >= 0.6 is 0 Å². The van der Waals surface area contributed by atoms with E-state index in [1.54, 1.807) is 0 Å². The average molecular weight is 299 g/mol. The molecule has 0 atom stereocenters. The van der Waals surface area contributed by atoms with Gasteiger partial charge in [-0.25, -0.2) is 8.42 Å². The normalized spacial score (nSPS) is 15.8. The lowest BCUT2D eigenvalue weighted by atomic mass is 10.2. The van der Waals surface area contributed by atoms with Crippen LogP contribution in [0.3, 0.4) is 0 Å². The summed E-state index contributed by atoms with van der Waals surface area (Å²) in [6, 6.07) is 4.08. The molecule has 1 N–H and O–H groups in total. The largest absolute Gasteiger partial charge is 0.355 e. The van der Waals surface area contributed by atoms with Crippen molar-refractivity contribution in [1.82, 2.24) is 5.32 Å². The van der Waals surface area contributed by atoms with E-state index >= 15 is 0 Å². The van der Waals surface area contributed by atoms with Gasteiger partial charge < -0.3 is 10.2 Å². The first-order valence-electron chi connectivity index (χ1n) is 5.80. The van der Waals surface area contributed by atoms with Gasteiger partial charge in [-0.3, -0.25) is 14.9 Å². The van der Waals surface area contributed by atoms with E-state index in [1.807, 2.05) is 0 Å². The molecule has 8 nitrogen and oxygen atoms in total. The Morgan fingerprint density at radius 1 is 1.40 bits per heavy atom. The van der Waals surface area contributed by atoms with Crippen molar-refractivity contribution in [1.29, 1.82) is 0 Å². The highest BCUT2D eigenvalue weighted by atomic mass is 32.2. The topological polar surface area (TPSA) is 110 Å². The van der Waals surface area contributed by atoms with Crippen LogP contribution in [0.5, 0.6) is 0 Å². The molecule has 1 aliphatic heterocycles. The van der Waals surface area contributed by atoms with Gasteiger partial charge in [0.1, 0.15) is 10.6 Å². The van der Waals surface area contributed by atoms with Crippen LogP contribution in [0.15, 0.2) is 23.1 Å². The summed E-state index contributed by atoms with van der Waals surface area (Å²) in [4.78, 5) is 23.0. The molecule has 1 aromatic carbocycles. The number of carbonyl (C=O) groups is 1. The maximum atomic E-state index is 11.7. The highest BCUT2D eigenvalue weighted by Gasteiger charge is 2.30. The Balaban J connectivity index is 2.58. The first kappa shape index (κ1) is 14.3. The number of para-hydroxylation sites is 1. The van der Waals surface area contributed by atoms with Gasteiger partial charge in [0.15, 0.2) is 9.84 Å². The highest BCUT2D eigenvalue weighted by molar-refractivity contribution is 7.90. The summed E-state index contributed by atoms with van der Waals surface area (Å²) in [5.74, 6) is -0.254. The van der Waals surface area contributed by atoms with E-state index in [0.29, 0.717) is 13.1 Å². The van der Waals surface area contributed by atoms with Crippen molar-refractivity contribution in [2.75, 3.05) is 30.8 Å². The maximum Gasteiger partial charge on any atom is 0.311 e. The molecular weight excluding hydrogens is 286 g/mol. The molecule has 1 amide bonds. The quantitative estimate of drug-likeness (QED) is 0.618. The standard InChI is InChI=1S/C11H13N3O5S/c1-20(18,19)9-4-2-3-8(11(9)14(16)17)13-6-5-12-10(15)7-13/h2-4H,5-7H2,1H3,(H,12,15). The Bertz CT molecular complexity index is 671. The molecule has 1 heterocycles. The number of nitro groups is 1. The summed E-state index contributed by atoms with van der Waals surface area (Å²) in [5, 5.41) is 13.8. The van der Waals surface area contributed by atoms with Gasteiger partial charge in [0.2, 0.25) is 5.91 Å². The number of nitro benzene ring substituents is 1.